The predicted molar refractivity (Wildman–Crippen MR) is 128 cm³/mol. The molecular formula is C26H24N2O5. The minimum atomic E-state index is -0.366. The number of ether oxygens (including phenoxy) is 2. The van der Waals surface area contributed by atoms with Crippen LogP contribution in [-0.2, 0) is 9.59 Å². The average Bonchev–Trinajstić information content (AvgIpc) is 2.82. The van der Waals surface area contributed by atoms with E-state index >= 15 is 0 Å². The van der Waals surface area contributed by atoms with Crippen molar-refractivity contribution in [1.29, 1.82) is 0 Å². The van der Waals surface area contributed by atoms with Gasteiger partial charge in [-0.2, -0.15) is 0 Å². The molecule has 0 heterocycles. The molecule has 2 N–H and O–H groups in total. The van der Waals surface area contributed by atoms with Gasteiger partial charge >= 0.3 is 0 Å². The largest absolute Gasteiger partial charge is 0.496 e. The lowest BCUT2D eigenvalue weighted by molar-refractivity contribution is -0.118. The third-order valence-electron chi connectivity index (χ3n) is 4.53. The van der Waals surface area contributed by atoms with E-state index in [2.05, 4.69) is 10.6 Å². The van der Waals surface area contributed by atoms with Gasteiger partial charge < -0.3 is 20.1 Å². The molecule has 0 radical (unpaired) electrons. The van der Waals surface area contributed by atoms with Gasteiger partial charge in [-0.1, -0.05) is 30.3 Å². The molecule has 0 aliphatic heterocycles. The fourth-order valence-electron chi connectivity index (χ4n) is 3.00. The quantitative estimate of drug-likeness (QED) is 0.373. The summed E-state index contributed by atoms with van der Waals surface area (Å²) in [4.78, 5) is 35.9. The second-order valence-electron chi connectivity index (χ2n) is 7.06. The van der Waals surface area contributed by atoms with Crippen LogP contribution < -0.4 is 20.1 Å². The number of para-hydroxylation sites is 1. The van der Waals surface area contributed by atoms with E-state index in [1.807, 2.05) is 24.3 Å². The second kappa shape index (κ2) is 11.3. The summed E-state index contributed by atoms with van der Waals surface area (Å²) in [6.07, 6.45) is 3.16. The van der Waals surface area contributed by atoms with Gasteiger partial charge in [-0.3, -0.25) is 14.4 Å². The van der Waals surface area contributed by atoms with Crippen LogP contribution in [0.4, 0.5) is 11.4 Å². The van der Waals surface area contributed by atoms with Gasteiger partial charge in [0.25, 0.3) is 5.91 Å². The van der Waals surface area contributed by atoms with E-state index in [-0.39, 0.29) is 24.2 Å². The van der Waals surface area contributed by atoms with Crippen LogP contribution in [0.25, 0.3) is 6.08 Å². The summed E-state index contributed by atoms with van der Waals surface area (Å²) < 4.78 is 10.8. The highest BCUT2D eigenvalue weighted by Crippen LogP contribution is 2.20. The average molecular weight is 444 g/mol. The highest BCUT2D eigenvalue weighted by Gasteiger charge is 2.08. The van der Waals surface area contributed by atoms with Gasteiger partial charge in [0, 0.05) is 29.4 Å². The fourth-order valence-corrected chi connectivity index (χ4v) is 3.00. The van der Waals surface area contributed by atoms with Crippen molar-refractivity contribution < 1.29 is 23.9 Å². The Bertz CT molecular complexity index is 1170. The second-order valence-corrected chi connectivity index (χ2v) is 7.06. The van der Waals surface area contributed by atoms with Gasteiger partial charge in [0.1, 0.15) is 11.5 Å². The zero-order chi connectivity index (χ0) is 23.6. The molecule has 3 rings (SSSR count). The van der Waals surface area contributed by atoms with Gasteiger partial charge in [0.2, 0.25) is 5.91 Å². The predicted octanol–water partition coefficient (Wildman–Crippen LogP) is 4.57. The number of carbonyl (C=O) groups excluding carboxylic acids is 3. The van der Waals surface area contributed by atoms with Gasteiger partial charge in [-0.15, -0.1) is 0 Å². The number of hydrogen-bond donors (Lipinski definition) is 2. The number of anilines is 2. The molecule has 7 heteroatoms. The Labute approximate surface area is 192 Å². The van der Waals surface area contributed by atoms with Crippen LogP contribution in [0.3, 0.4) is 0 Å². The minimum absolute atomic E-state index is 0.168. The zero-order valence-corrected chi connectivity index (χ0v) is 18.3. The Morgan fingerprint density at radius 3 is 2.36 bits per heavy atom. The third-order valence-corrected chi connectivity index (χ3v) is 4.53. The lowest BCUT2D eigenvalue weighted by atomic mass is 10.1. The topological polar surface area (TPSA) is 93.7 Å². The number of methoxy groups -OCH3 is 1. The molecule has 0 aliphatic rings. The molecule has 168 valence electrons. The van der Waals surface area contributed by atoms with E-state index in [1.165, 1.54) is 13.0 Å². The van der Waals surface area contributed by atoms with E-state index in [0.29, 0.717) is 28.4 Å². The van der Waals surface area contributed by atoms with Crippen molar-refractivity contribution in [3.8, 4) is 11.5 Å². The SMILES string of the molecule is COc1ccccc1/C=C/C(=O)c1cccc(NC(=O)COc2ccc(NC(C)=O)cc2)c1. The van der Waals surface area contributed by atoms with Crippen molar-refractivity contribution in [2.75, 3.05) is 24.4 Å². The third kappa shape index (κ3) is 7.07. The number of allylic oxidation sites excluding steroid dienone is 1. The van der Waals surface area contributed by atoms with Crippen molar-refractivity contribution in [2.45, 2.75) is 6.92 Å². The molecule has 0 atom stereocenters. The Balaban J connectivity index is 1.56. The molecule has 0 unspecified atom stereocenters. The number of hydrogen-bond acceptors (Lipinski definition) is 5. The molecule has 3 aromatic carbocycles. The lowest BCUT2D eigenvalue weighted by Gasteiger charge is -2.09. The Morgan fingerprint density at radius 1 is 0.879 bits per heavy atom. The highest BCUT2D eigenvalue weighted by molar-refractivity contribution is 6.07. The number of carbonyl (C=O) groups is 3. The summed E-state index contributed by atoms with van der Waals surface area (Å²) in [7, 11) is 1.57. The normalized spacial score (nSPS) is 10.5. The van der Waals surface area contributed by atoms with E-state index in [9.17, 15) is 14.4 Å². The van der Waals surface area contributed by atoms with Crippen molar-refractivity contribution in [3.63, 3.8) is 0 Å². The van der Waals surface area contributed by atoms with Crippen LogP contribution in [0.2, 0.25) is 0 Å². The maximum Gasteiger partial charge on any atom is 0.262 e. The number of amides is 2. The smallest absolute Gasteiger partial charge is 0.262 e. The van der Waals surface area contributed by atoms with Crippen molar-refractivity contribution in [2.24, 2.45) is 0 Å². The van der Waals surface area contributed by atoms with Crippen molar-refractivity contribution >= 4 is 35.0 Å². The number of nitrogens with one attached hydrogen (secondary N) is 2. The van der Waals surface area contributed by atoms with Crippen molar-refractivity contribution in [3.05, 3.63) is 90.0 Å². The standard InChI is InChI=1S/C26H24N2O5/c1-18(29)27-21-11-13-23(14-12-21)33-17-26(31)28-22-8-5-7-20(16-22)24(30)15-10-19-6-3-4-9-25(19)32-2/h3-16H,17H2,1-2H3,(H,27,29)(H,28,31)/b15-10+. The maximum atomic E-state index is 12.6. The fraction of sp³-hybridized carbons (Fsp3) is 0.115. The van der Waals surface area contributed by atoms with E-state index in [4.69, 9.17) is 9.47 Å². The van der Waals surface area contributed by atoms with E-state index in [1.54, 1.807) is 61.7 Å². The monoisotopic (exact) mass is 444 g/mol. The first kappa shape index (κ1) is 23.3. The maximum absolute atomic E-state index is 12.6. The summed E-state index contributed by atoms with van der Waals surface area (Å²) in [6.45, 7) is 1.22. The molecule has 0 spiro atoms. The Hall–Kier alpha value is -4.39. The molecule has 0 aliphatic carbocycles. The first-order valence-corrected chi connectivity index (χ1v) is 10.2. The van der Waals surface area contributed by atoms with Crippen LogP contribution in [-0.4, -0.2) is 31.3 Å². The number of benzene rings is 3. The number of rotatable bonds is 9. The first-order valence-electron chi connectivity index (χ1n) is 10.2. The van der Waals surface area contributed by atoms with Gasteiger partial charge in [-0.25, -0.2) is 0 Å². The summed E-state index contributed by atoms with van der Waals surface area (Å²) in [5.74, 6) is 0.429. The van der Waals surface area contributed by atoms with Gasteiger partial charge in [0.15, 0.2) is 12.4 Å². The minimum Gasteiger partial charge on any atom is -0.496 e. The molecular weight excluding hydrogens is 420 g/mol. The molecule has 3 aromatic rings. The van der Waals surface area contributed by atoms with Gasteiger partial charge in [0.05, 0.1) is 7.11 Å². The number of ketones is 1. The molecule has 0 saturated carbocycles. The van der Waals surface area contributed by atoms with Crippen LogP contribution >= 0.6 is 0 Å². The van der Waals surface area contributed by atoms with E-state index < -0.39 is 0 Å². The molecule has 33 heavy (non-hydrogen) atoms. The zero-order valence-electron chi connectivity index (χ0n) is 18.3. The molecule has 2 amide bonds. The highest BCUT2D eigenvalue weighted by atomic mass is 16.5. The molecule has 0 bridgehead atoms. The Kier molecular flexibility index (Phi) is 7.96. The molecule has 0 saturated heterocycles. The van der Waals surface area contributed by atoms with Crippen LogP contribution in [0.5, 0.6) is 11.5 Å². The van der Waals surface area contributed by atoms with Crippen molar-refractivity contribution in [1.82, 2.24) is 0 Å². The molecule has 0 aromatic heterocycles. The Morgan fingerprint density at radius 2 is 1.64 bits per heavy atom. The summed E-state index contributed by atoms with van der Waals surface area (Å²) in [5.41, 5.74) is 2.36. The summed E-state index contributed by atoms with van der Waals surface area (Å²) in [6, 6.07) is 20.8. The molecule has 7 nitrogen and oxygen atoms in total. The summed E-state index contributed by atoms with van der Waals surface area (Å²) in [5, 5.41) is 5.38. The van der Waals surface area contributed by atoms with Crippen LogP contribution in [0.15, 0.2) is 78.9 Å². The van der Waals surface area contributed by atoms with Crippen LogP contribution in [0.1, 0.15) is 22.8 Å². The van der Waals surface area contributed by atoms with Gasteiger partial charge in [-0.05, 0) is 54.6 Å². The molecule has 0 fully saturated rings. The van der Waals surface area contributed by atoms with E-state index in [0.717, 1.165) is 5.56 Å². The summed E-state index contributed by atoms with van der Waals surface area (Å²) >= 11 is 0. The first-order chi connectivity index (χ1) is 15.9. The van der Waals surface area contributed by atoms with Crippen LogP contribution in [0, 0.1) is 0 Å². The lowest BCUT2D eigenvalue weighted by Crippen LogP contribution is -2.20.